The van der Waals surface area contributed by atoms with Crippen LogP contribution in [0.25, 0.3) is 0 Å². The summed E-state index contributed by atoms with van der Waals surface area (Å²) in [5.74, 6) is 0. The van der Waals surface area contributed by atoms with E-state index in [9.17, 15) is 0 Å². The highest BCUT2D eigenvalue weighted by atomic mass is 32.1. The van der Waals surface area contributed by atoms with Crippen LogP contribution < -0.4 is 5.32 Å². The zero-order chi connectivity index (χ0) is 8.97. The average molecular weight is 181 g/mol. The summed E-state index contributed by atoms with van der Waals surface area (Å²) in [5.41, 5.74) is 1.07. The van der Waals surface area contributed by atoms with Crippen LogP contribution in [0.3, 0.4) is 0 Å². The maximum absolute atomic E-state index is 8.30. The molecular formula is C8H11N3S. The topological polar surface area (TPSA) is 48.7 Å². The van der Waals surface area contributed by atoms with Gasteiger partial charge in [-0.05, 0) is 13.8 Å². The average Bonchev–Trinajstić information content (AvgIpc) is 2.32. The van der Waals surface area contributed by atoms with Gasteiger partial charge in [-0.2, -0.15) is 5.26 Å². The summed E-state index contributed by atoms with van der Waals surface area (Å²) in [6.45, 7) is 4.71. The Kier molecular flexibility index (Phi) is 3.06. The summed E-state index contributed by atoms with van der Waals surface area (Å²) in [7, 11) is 0. The van der Waals surface area contributed by atoms with Crippen LogP contribution >= 0.6 is 11.3 Å². The predicted octanol–water partition coefficient (Wildman–Crippen LogP) is 2.09. The van der Waals surface area contributed by atoms with Crippen LogP contribution in [0.15, 0.2) is 0 Å². The fourth-order valence-electron chi connectivity index (χ4n) is 0.774. The molecule has 0 aliphatic rings. The summed E-state index contributed by atoms with van der Waals surface area (Å²) in [5, 5.41) is 12.3. The van der Waals surface area contributed by atoms with Gasteiger partial charge in [-0.3, -0.25) is 0 Å². The number of nitrogens with zero attached hydrogens (tertiary/aromatic N) is 2. The molecule has 0 saturated heterocycles. The van der Waals surface area contributed by atoms with Gasteiger partial charge in [0.25, 0.3) is 0 Å². The van der Waals surface area contributed by atoms with Gasteiger partial charge in [-0.15, -0.1) is 11.3 Å². The molecule has 0 spiro atoms. The molecule has 0 bridgehead atoms. The molecule has 64 valence electrons. The predicted molar refractivity (Wildman–Crippen MR) is 50.3 cm³/mol. The maximum Gasteiger partial charge on any atom is 0.183 e. The highest BCUT2D eigenvalue weighted by molar-refractivity contribution is 7.15. The minimum absolute atomic E-state index is 0.525. The second kappa shape index (κ2) is 4.07. The van der Waals surface area contributed by atoms with E-state index in [0.29, 0.717) is 13.0 Å². The number of nitrogens with one attached hydrogen (secondary N) is 1. The van der Waals surface area contributed by atoms with Crippen LogP contribution in [-0.2, 0) is 0 Å². The monoisotopic (exact) mass is 181 g/mol. The van der Waals surface area contributed by atoms with E-state index in [1.807, 2.05) is 13.8 Å². The lowest BCUT2D eigenvalue weighted by Crippen LogP contribution is -1.99. The normalized spacial score (nSPS) is 9.42. The Morgan fingerprint density at radius 3 is 2.83 bits per heavy atom. The van der Waals surface area contributed by atoms with Crippen LogP contribution in [0.4, 0.5) is 5.13 Å². The molecule has 3 nitrogen and oxygen atoms in total. The summed E-state index contributed by atoms with van der Waals surface area (Å²) < 4.78 is 0. The molecular weight excluding hydrogens is 170 g/mol. The van der Waals surface area contributed by atoms with Gasteiger partial charge in [0.05, 0.1) is 18.2 Å². The highest BCUT2D eigenvalue weighted by Gasteiger charge is 2.01. The van der Waals surface area contributed by atoms with Crippen LogP contribution in [0.2, 0.25) is 0 Å². The molecule has 1 aromatic heterocycles. The van der Waals surface area contributed by atoms with Crippen molar-refractivity contribution < 1.29 is 0 Å². The number of hydrogen-bond acceptors (Lipinski definition) is 4. The summed E-state index contributed by atoms with van der Waals surface area (Å²) in [6.07, 6.45) is 0.525. The van der Waals surface area contributed by atoms with Crippen molar-refractivity contribution in [2.45, 2.75) is 20.3 Å². The molecule has 12 heavy (non-hydrogen) atoms. The second-order valence-corrected chi connectivity index (χ2v) is 3.70. The van der Waals surface area contributed by atoms with Gasteiger partial charge < -0.3 is 5.32 Å². The largest absolute Gasteiger partial charge is 0.360 e. The fraction of sp³-hybridized carbons (Fsp3) is 0.500. The molecule has 1 heterocycles. The van der Waals surface area contributed by atoms with E-state index in [4.69, 9.17) is 5.26 Å². The Bertz CT molecular complexity index is 278. The molecule has 0 amide bonds. The SMILES string of the molecule is Cc1nc(NCCC#N)sc1C. The molecule has 0 fully saturated rings. The number of aryl methyl sites for hydroxylation is 2. The van der Waals surface area contributed by atoms with Crippen molar-refractivity contribution in [2.24, 2.45) is 0 Å². The van der Waals surface area contributed by atoms with E-state index in [0.717, 1.165) is 10.8 Å². The van der Waals surface area contributed by atoms with E-state index < -0.39 is 0 Å². The molecule has 0 atom stereocenters. The molecule has 0 aliphatic heterocycles. The van der Waals surface area contributed by atoms with Gasteiger partial charge >= 0.3 is 0 Å². The van der Waals surface area contributed by atoms with Crippen LogP contribution in [0.5, 0.6) is 0 Å². The first-order chi connectivity index (χ1) is 5.74. The molecule has 4 heteroatoms. The number of aromatic nitrogens is 1. The molecule has 1 N–H and O–H groups in total. The molecule has 1 aromatic rings. The number of anilines is 1. The lowest BCUT2D eigenvalue weighted by atomic mass is 10.4. The lowest BCUT2D eigenvalue weighted by Gasteiger charge is -1.95. The molecule has 1 rings (SSSR count). The van der Waals surface area contributed by atoms with Crippen LogP contribution in [0, 0.1) is 25.2 Å². The van der Waals surface area contributed by atoms with Crippen molar-refractivity contribution in [3.8, 4) is 6.07 Å². The Morgan fingerprint density at radius 1 is 1.58 bits per heavy atom. The van der Waals surface area contributed by atoms with Crippen molar-refractivity contribution in [3.63, 3.8) is 0 Å². The lowest BCUT2D eigenvalue weighted by molar-refractivity contribution is 1.06. The first kappa shape index (κ1) is 9.01. The van der Waals surface area contributed by atoms with Crippen molar-refractivity contribution in [1.29, 1.82) is 5.26 Å². The summed E-state index contributed by atoms with van der Waals surface area (Å²) in [6, 6.07) is 2.07. The van der Waals surface area contributed by atoms with Crippen molar-refractivity contribution in [2.75, 3.05) is 11.9 Å². The van der Waals surface area contributed by atoms with E-state index in [2.05, 4.69) is 16.4 Å². The first-order valence-corrected chi connectivity index (χ1v) is 4.60. The Morgan fingerprint density at radius 2 is 2.33 bits per heavy atom. The fourth-order valence-corrected chi connectivity index (χ4v) is 1.61. The van der Waals surface area contributed by atoms with E-state index in [-0.39, 0.29) is 0 Å². The van der Waals surface area contributed by atoms with Crippen LogP contribution in [0.1, 0.15) is 17.0 Å². The second-order valence-electron chi connectivity index (χ2n) is 2.50. The van der Waals surface area contributed by atoms with Crippen molar-refractivity contribution in [1.82, 2.24) is 4.98 Å². The number of hydrogen-bond donors (Lipinski definition) is 1. The molecule has 0 unspecified atom stereocenters. The highest BCUT2D eigenvalue weighted by Crippen LogP contribution is 2.20. The van der Waals surface area contributed by atoms with Crippen molar-refractivity contribution >= 4 is 16.5 Å². The third-order valence-corrected chi connectivity index (χ3v) is 2.57. The Hall–Kier alpha value is -1.08. The zero-order valence-corrected chi connectivity index (χ0v) is 8.03. The quantitative estimate of drug-likeness (QED) is 0.726. The van der Waals surface area contributed by atoms with E-state index in [1.165, 1.54) is 4.88 Å². The molecule has 0 radical (unpaired) electrons. The summed E-state index contributed by atoms with van der Waals surface area (Å²) in [4.78, 5) is 5.51. The molecule has 0 aromatic carbocycles. The summed E-state index contributed by atoms with van der Waals surface area (Å²) >= 11 is 1.63. The number of nitriles is 1. The third kappa shape index (κ3) is 2.21. The maximum atomic E-state index is 8.30. The minimum Gasteiger partial charge on any atom is -0.360 e. The van der Waals surface area contributed by atoms with Gasteiger partial charge in [0, 0.05) is 11.4 Å². The van der Waals surface area contributed by atoms with Gasteiger partial charge in [0.15, 0.2) is 5.13 Å². The first-order valence-electron chi connectivity index (χ1n) is 3.79. The standard InChI is InChI=1S/C8H11N3S/c1-6-7(2)12-8(11-6)10-5-3-4-9/h3,5H2,1-2H3,(H,10,11). The van der Waals surface area contributed by atoms with Gasteiger partial charge in [0.1, 0.15) is 0 Å². The smallest absolute Gasteiger partial charge is 0.183 e. The van der Waals surface area contributed by atoms with Gasteiger partial charge in [-0.25, -0.2) is 4.98 Å². The zero-order valence-electron chi connectivity index (χ0n) is 7.22. The molecule has 0 saturated carbocycles. The van der Waals surface area contributed by atoms with E-state index >= 15 is 0 Å². The minimum atomic E-state index is 0.525. The number of rotatable bonds is 3. The Labute approximate surface area is 76.1 Å². The number of thiazole rings is 1. The van der Waals surface area contributed by atoms with Crippen molar-refractivity contribution in [3.05, 3.63) is 10.6 Å². The Balaban J connectivity index is 2.48. The van der Waals surface area contributed by atoms with E-state index in [1.54, 1.807) is 11.3 Å². The van der Waals surface area contributed by atoms with Gasteiger partial charge in [-0.1, -0.05) is 0 Å². The molecule has 0 aliphatic carbocycles. The van der Waals surface area contributed by atoms with Crippen LogP contribution in [-0.4, -0.2) is 11.5 Å². The van der Waals surface area contributed by atoms with Gasteiger partial charge in [0.2, 0.25) is 0 Å². The third-order valence-electron chi connectivity index (χ3n) is 1.54.